The van der Waals surface area contributed by atoms with Crippen molar-refractivity contribution in [1.29, 1.82) is 0 Å². The van der Waals surface area contributed by atoms with Gasteiger partial charge >= 0.3 is 0 Å². The van der Waals surface area contributed by atoms with Gasteiger partial charge in [0, 0.05) is 35.5 Å². The summed E-state index contributed by atoms with van der Waals surface area (Å²) < 4.78 is 5.51. The zero-order valence-corrected chi connectivity index (χ0v) is 17.8. The second-order valence-electron chi connectivity index (χ2n) is 6.72. The van der Waals surface area contributed by atoms with E-state index in [1.54, 1.807) is 42.5 Å². The molecular formula is C22H22ClN3O3S. The van der Waals surface area contributed by atoms with Gasteiger partial charge in [0.1, 0.15) is 0 Å². The standard InChI is InChI=1S/C22H22ClN3O3S/c23-19-9-2-1-5-15(19)10-11-20(27)26-22(30)25-17-7-3-6-16(13-17)21(28)24-14-18-8-4-12-29-18/h1-3,5-7,9-11,13,18H,4,8,12,14H2,(H,24,28)(H2,25,26,27,30)/b11-10+. The Kier molecular flexibility index (Phi) is 7.96. The summed E-state index contributed by atoms with van der Waals surface area (Å²) in [5, 5.41) is 9.03. The number of benzene rings is 2. The molecule has 8 heteroatoms. The van der Waals surface area contributed by atoms with Crippen LogP contribution in [0.25, 0.3) is 6.08 Å². The maximum atomic E-state index is 12.3. The van der Waals surface area contributed by atoms with Gasteiger partial charge in [0.25, 0.3) is 5.91 Å². The van der Waals surface area contributed by atoms with Gasteiger partial charge in [-0.05, 0) is 61.0 Å². The Morgan fingerprint density at radius 3 is 2.80 bits per heavy atom. The number of hydrogen-bond donors (Lipinski definition) is 3. The summed E-state index contributed by atoms with van der Waals surface area (Å²) in [6.45, 7) is 1.24. The predicted octanol–water partition coefficient (Wildman–Crippen LogP) is 3.78. The van der Waals surface area contributed by atoms with Gasteiger partial charge in [-0.1, -0.05) is 35.9 Å². The first-order valence-electron chi connectivity index (χ1n) is 9.56. The van der Waals surface area contributed by atoms with Crippen LogP contribution in [0.1, 0.15) is 28.8 Å². The molecule has 0 radical (unpaired) electrons. The van der Waals surface area contributed by atoms with Gasteiger partial charge in [-0.25, -0.2) is 0 Å². The highest BCUT2D eigenvalue weighted by Crippen LogP contribution is 2.16. The van der Waals surface area contributed by atoms with Crippen molar-refractivity contribution in [3.8, 4) is 0 Å². The van der Waals surface area contributed by atoms with E-state index in [0.29, 0.717) is 22.8 Å². The van der Waals surface area contributed by atoms with Crippen molar-refractivity contribution >= 4 is 52.5 Å². The number of amides is 2. The summed E-state index contributed by atoms with van der Waals surface area (Å²) in [6.07, 6.45) is 5.03. The number of ether oxygens (including phenoxy) is 1. The highest BCUT2D eigenvalue weighted by Gasteiger charge is 2.16. The average Bonchev–Trinajstić information content (AvgIpc) is 3.25. The molecule has 1 saturated heterocycles. The molecule has 1 fully saturated rings. The van der Waals surface area contributed by atoms with Crippen molar-refractivity contribution in [2.45, 2.75) is 18.9 Å². The van der Waals surface area contributed by atoms with Crippen LogP contribution in [0, 0.1) is 0 Å². The fourth-order valence-electron chi connectivity index (χ4n) is 2.94. The maximum Gasteiger partial charge on any atom is 0.251 e. The molecule has 0 aliphatic carbocycles. The molecule has 1 unspecified atom stereocenters. The van der Waals surface area contributed by atoms with Crippen LogP contribution in [0.5, 0.6) is 0 Å². The summed E-state index contributed by atoms with van der Waals surface area (Å²) in [4.78, 5) is 24.4. The van der Waals surface area contributed by atoms with Crippen molar-refractivity contribution < 1.29 is 14.3 Å². The van der Waals surface area contributed by atoms with Crippen LogP contribution in [0.4, 0.5) is 5.69 Å². The molecule has 2 aromatic carbocycles. The molecule has 1 heterocycles. The number of nitrogens with one attached hydrogen (secondary N) is 3. The second-order valence-corrected chi connectivity index (χ2v) is 7.54. The molecule has 156 valence electrons. The molecule has 1 aliphatic heterocycles. The van der Waals surface area contributed by atoms with Crippen LogP contribution in [0.3, 0.4) is 0 Å². The Bertz CT molecular complexity index is 958. The van der Waals surface area contributed by atoms with Gasteiger partial charge in [-0.15, -0.1) is 0 Å². The van der Waals surface area contributed by atoms with Crippen molar-refractivity contribution in [3.05, 3.63) is 70.8 Å². The molecule has 0 saturated carbocycles. The zero-order valence-electron chi connectivity index (χ0n) is 16.2. The van der Waals surface area contributed by atoms with Crippen molar-refractivity contribution in [1.82, 2.24) is 10.6 Å². The number of carbonyl (C=O) groups excluding carboxylic acids is 2. The number of carbonyl (C=O) groups is 2. The van der Waals surface area contributed by atoms with E-state index in [-0.39, 0.29) is 17.1 Å². The molecule has 30 heavy (non-hydrogen) atoms. The third-order valence-electron chi connectivity index (χ3n) is 4.45. The van der Waals surface area contributed by atoms with E-state index in [9.17, 15) is 9.59 Å². The van der Waals surface area contributed by atoms with E-state index in [1.165, 1.54) is 6.08 Å². The first-order valence-corrected chi connectivity index (χ1v) is 10.3. The van der Waals surface area contributed by atoms with Gasteiger partial charge in [0.05, 0.1) is 6.10 Å². The zero-order chi connectivity index (χ0) is 21.3. The van der Waals surface area contributed by atoms with E-state index in [2.05, 4.69) is 16.0 Å². The van der Waals surface area contributed by atoms with Crippen LogP contribution in [0.2, 0.25) is 5.02 Å². The van der Waals surface area contributed by atoms with E-state index >= 15 is 0 Å². The normalized spacial score (nSPS) is 15.7. The molecule has 0 spiro atoms. The third kappa shape index (κ3) is 6.66. The first kappa shape index (κ1) is 22.0. The maximum absolute atomic E-state index is 12.3. The largest absolute Gasteiger partial charge is 0.376 e. The fourth-order valence-corrected chi connectivity index (χ4v) is 3.36. The molecule has 0 bridgehead atoms. The van der Waals surface area contributed by atoms with Crippen LogP contribution in [-0.2, 0) is 9.53 Å². The Morgan fingerprint density at radius 1 is 1.20 bits per heavy atom. The minimum absolute atomic E-state index is 0.0804. The summed E-state index contributed by atoms with van der Waals surface area (Å²) in [5.74, 6) is -0.579. The van der Waals surface area contributed by atoms with E-state index < -0.39 is 5.91 Å². The van der Waals surface area contributed by atoms with Gasteiger partial charge < -0.3 is 15.4 Å². The van der Waals surface area contributed by atoms with Crippen LogP contribution < -0.4 is 16.0 Å². The van der Waals surface area contributed by atoms with Crippen LogP contribution in [0.15, 0.2) is 54.6 Å². The monoisotopic (exact) mass is 443 g/mol. The quantitative estimate of drug-likeness (QED) is 0.467. The molecule has 2 amide bonds. The smallest absolute Gasteiger partial charge is 0.251 e. The number of rotatable bonds is 6. The van der Waals surface area contributed by atoms with E-state index in [4.69, 9.17) is 28.6 Å². The molecule has 1 atom stereocenters. The highest BCUT2D eigenvalue weighted by molar-refractivity contribution is 7.80. The minimum atomic E-state index is -0.391. The topological polar surface area (TPSA) is 79.5 Å². The Balaban J connectivity index is 1.51. The Morgan fingerprint density at radius 2 is 2.03 bits per heavy atom. The number of anilines is 1. The summed E-state index contributed by atoms with van der Waals surface area (Å²) >= 11 is 11.2. The van der Waals surface area contributed by atoms with Crippen molar-refractivity contribution in [2.24, 2.45) is 0 Å². The lowest BCUT2D eigenvalue weighted by atomic mass is 10.1. The summed E-state index contributed by atoms with van der Waals surface area (Å²) in [7, 11) is 0. The Hall–Kier alpha value is -2.74. The lowest BCUT2D eigenvalue weighted by Gasteiger charge is -2.12. The third-order valence-corrected chi connectivity index (χ3v) is 5.00. The lowest BCUT2D eigenvalue weighted by molar-refractivity contribution is -0.115. The first-order chi connectivity index (χ1) is 14.5. The van der Waals surface area contributed by atoms with E-state index in [0.717, 1.165) is 25.0 Å². The highest BCUT2D eigenvalue weighted by atomic mass is 35.5. The van der Waals surface area contributed by atoms with Crippen molar-refractivity contribution in [3.63, 3.8) is 0 Å². The lowest BCUT2D eigenvalue weighted by Crippen LogP contribution is -2.33. The van der Waals surface area contributed by atoms with E-state index in [1.807, 2.05) is 12.1 Å². The second kappa shape index (κ2) is 10.9. The molecular weight excluding hydrogens is 422 g/mol. The number of hydrogen-bond acceptors (Lipinski definition) is 4. The molecule has 3 rings (SSSR count). The minimum Gasteiger partial charge on any atom is -0.376 e. The van der Waals surface area contributed by atoms with Gasteiger partial charge in [0.2, 0.25) is 5.91 Å². The predicted molar refractivity (Wildman–Crippen MR) is 123 cm³/mol. The Labute approximate surface area is 185 Å². The molecule has 2 aromatic rings. The van der Waals surface area contributed by atoms with Crippen molar-refractivity contribution in [2.75, 3.05) is 18.5 Å². The fraction of sp³-hybridized carbons (Fsp3) is 0.227. The van der Waals surface area contributed by atoms with Gasteiger partial charge in [-0.3, -0.25) is 14.9 Å². The van der Waals surface area contributed by atoms with Crippen LogP contribution in [-0.4, -0.2) is 36.2 Å². The number of halogens is 1. The average molecular weight is 444 g/mol. The molecule has 0 aromatic heterocycles. The number of thiocarbonyl (C=S) groups is 1. The molecule has 1 aliphatic rings. The summed E-state index contributed by atoms with van der Waals surface area (Å²) in [6, 6.07) is 14.1. The SMILES string of the molecule is O=C(/C=C/c1ccccc1Cl)NC(=S)Nc1cccc(C(=O)NCC2CCCO2)c1. The van der Waals surface area contributed by atoms with Crippen LogP contribution >= 0.6 is 23.8 Å². The van der Waals surface area contributed by atoms with Gasteiger partial charge in [0.15, 0.2) is 5.11 Å². The molecule has 6 nitrogen and oxygen atoms in total. The van der Waals surface area contributed by atoms with Gasteiger partial charge in [-0.2, -0.15) is 0 Å². The molecule has 3 N–H and O–H groups in total. The summed E-state index contributed by atoms with van der Waals surface area (Å²) in [5.41, 5.74) is 1.82.